The van der Waals surface area contributed by atoms with Crippen molar-refractivity contribution < 1.29 is 4.43 Å². The lowest BCUT2D eigenvalue weighted by Crippen LogP contribution is -2.35. The molecule has 3 heteroatoms. The lowest BCUT2D eigenvalue weighted by Gasteiger charge is -2.25. The first kappa shape index (κ1) is 16.6. The SMILES string of the molecule is CCCCCC[Si](Cl)(CCCC)Oc1ccccc1. The van der Waals surface area contributed by atoms with Crippen molar-refractivity contribution in [2.24, 2.45) is 0 Å². The minimum Gasteiger partial charge on any atom is -0.529 e. The zero-order chi connectivity index (χ0) is 14.0. The molecule has 108 valence electrons. The number of hydrogen-bond donors (Lipinski definition) is 0. The molecule has 0 heterocycles. The first-order valence-electron chi connectivity index (χ1n) is 7.63. The van der Waals surface area contributed by atoms with Gasteiger partial charge in [-0.25, -0.2) is 0 Å². The van der Waals surface area contributed by atoms with Crippen molar-refractivity contribution in [1.82, 2.24) is 0 Å². The topological polar surface area (TPSA) is 9.23 Å². The van der Waals surface area contributed by atoms with Gasteiger partial charge in [-0.15, -0.1) is 11.1 Å². The van der Waals surface area contributed by atoms with E-state index in [4.69, 9.17) is 15.5 Å². The molecule has 0 saturated heterocycles. The van der Waals surface area contributed by atoms with Gasteiger partial charge in [0, 0.05) is 0 Å². The highest BCUT2D eigenvalue weighted by molar-refractivity contribution is 7.17. The van der Waals surface area contributed by atoms with Crippen LogP contribution in [-0.4, -0.2) is 7.63 Å². The van der Waals surface area contributed by atoms with Gasteiger partial charge in [0.05, 0.1) is 0 Å². The van der Waals surface area contributed by atoms with E-state index in [0.717, 1.165) is 17.8 Å². The normalized spacial score (nSPS) is 14.1. The Morgan fingerprint density at radius 2 is 1.53 bits per heavy atom. The molecular formula is C16H27ClOSi. The van der Waals surface area contributed by atoms with Crippen LogP contribution >= 0.6 is 11.1 Å². The second kappa shape index (κ2) is 9.43. The van der Waals surface area contributed by atoms with Gasteiger partial charge in [0.1, 0.15) is 5.75 Å². The van der Waals surface area contributed by atoms with Crippen molar-refractivity contribution in [3.05, 3.63) is 30.3 Å². The molecule has 1 rings (SSSR count). The first-order valence-corrected chi connectivity index (χ1v) is 11.0. The van der Waals surface area contributed by atoms with E-state index in [1.165, 1.54) is 38.5 Å². The Morgan fingerprint density at radius 1 is 0.895 bits per heavy atom. The highest BCUT2D eigenvalue weighted by Gasteiger charge is 2.33. The van der Waals surface area contributed by atoms with E-state index in [-0.39, 0.29) is 0 Å². The van der Waals surface area contributed by atoms with Crippen molar-refractivity contribution in [1.29, 1.82) is 0 Å². The molecule has 0 radical (unpaired) electrons. The highest BCUT2D eigenvalue weighted by atomic mass is 35.6. The van der Waals surface area contributed by atoms with E-state index in [9.17, 15) is 0 Å². The van der Waals surface area contributed by atoms with Gasteiger partial charge in [0.15, 0.2) is 0 Å². The van der Waals surface area contributed by atoms with Crippen molar-refractivity contribution in [3.8, 4) is 5.75 Å². The number of hydrogen-bond acceptors (Lipinski definition) is 1. The quantitative estimate of drug-likeness (QED) is 0.287. The summed E-state index contributed by atoms with van der Waals surface area (Å²) in [4.78, 5) is 0. The molecule has 0 spiro atoms. The Bertz CT molecular complexity index is 331. The average molecular weight is 299 g/mol. The van der Waals surface area contributed by atoms with Crippen LogP contribution in [0.1, 0.15) is 52.4 Å². The molecule has 0 fully saturated rings. The predicted molar refractivity (Wildman–Crippen MR) is 87.3 cm³/mol. The van der Waals surface area contributed by atoms with Crippen LogP contribution in [0.3, 0.4) is 0 Å². The Labute approximate surface area is 124 Å². The summed E-state index contributed by atoms with van der Waals surface area (Å²) in [5.74, 6) is 0.941. The molecule has 0 saturated carbocycles. The molecule has 0 aromatic heterocycles. The molecule has 1 atom stereocenters. The fraction of sp³-hybridized carbons (Fsp3) is 0.625. The maximum absolute atomic E-state index is 6.85. The smallest absolute Gasteiger partial charge is 0.347 e. The molecule has 0 amide bonds. The van der Waals surface area contributed by atoms with E-state index < -0.39 is 7.63 Å². The molecule has 0 aliphatic heterocycles. The van der Waals surface area contributed by atoms with Gasteiger partial charge >= 0.3 is 7.63 Å². The third kappa shape index (κ3) is 7.02. The Morgan fingerprint density at radius 3 is 2.16 bits per heavy atom. The number of benzene rings is 1. The summed E-state index contributed by atoms with van der Waals surface area (Å²) in [6.45, 7) is 4.45. The minimum atomic E-state index is -2.09. The van der Waals surface area contributed by atoms with Gasteiger partial charge in [-0.1, -0.05) is 70.6 Å². The van der Waals surface area contributed by atoms with Crippen molar-refractivity contribution >= 4 is 18.7 Å². The van der Waals surface area contributed by atoms with Crippen LogP contribution in [0, 0.1) is 0 Å². The van der Waals surface area contributed by atoms with E-state index >= 15 is 0 Å². The van der Waals surface area contributed by atoms with Crippen LogP contribution in [0.25, 0.3) is 0 Å². The zero-order valence-electron chi connectivity index (χ0n) is 12.3. The van der Waals surface area contributed by atoms with Crippen LogP contribution in [-0.2, 0) is 0 Å². The van der Waals surface area contributed by atoms with Crippen LogP contribution < -0.4 is 4.43 Å². The summed E-state index contributed by atoms with van der Waals surface area (Å²) in [7, 11) is -2.09. The van der Waals surface area contributed by atoms with Gasteiger partial charge in [-0.3, -0.25) is 0 Å². The summed E-state index contributed by atoms with van der Waals surface area (Å²) in [6, 6.07) is 12.2. The largest absolute Gasteiger partial charge is 0.529 e. The summed E-state index contributed by atoms with van der Waals surface area (Å²) < 4.78 is 6.19. The standard InChI is InChI=1S/C16H27ClOSi/c1-3-5-7-11-15-19(17,14-6-4-2)18-16-12-9-8-10-13-16/h8-10,12-13H,3-7,11,14-15H2,1-2H3. The van der Waals surface area contributed by atoms with Crippen molar-refractivity contribution in [3.63, 3.8) is 0 Å². The van der Waals surface area contributed by atoms with E-state index in [2.05, 4.69) is 13.8 Å². The number of halogens is 1. The van der Waals surface area contributed by atoms with Gasteiger partial charge < -0.3 is 4.43 Å². The van der Waals surface area contributed by atoms with E-state index in [0.29, 0.717) is 0 Å². The zero-order valence-corrected chi connectivity index (χ0v) is 14.1. The second-order valence-corrected chi connectivity index (χ2v) is 10.2. The first-order chi connectivity index (χ1) is 9.20. The average Bonchev–Trinajstić information content (AvgIpc) is 2.43. The van der Waals surface area contributed by atoms with E-state index in [1.807, 2.05) is 30.3 Å². The second-order valence-electron chi connectivity index (χ2n) is 5.21. The molecule has 1 nitrogen and oxygen atoms in total. The lowest BCUT2D eigenvalue weighted by atomic mass is 10.2. The number of unbranched alkanes of at least 4 members (excludes halogenated alkanes) is 4. The van der Waals surface area contributed by atoms with Gasteiger partial charge in [0.2, 0.25) is 0 Å². The summed E-state index contributed by atoms with van der Waals surface area (Å²) in [5, 5.41) is 0. The van der Waals surface area contributed by atoms with Crippen molar-refractivity contribution in [2.75, 3.05) is 0 Å². The van der Waals surface area contributed by atoms with Crippen LogP contribution in [0.4, 0.5) is 0 Å². The van der Waals surface area contributed by atoms with Crippen LogP contribution in [0.5, 0.6) is 5.75 Å². The monoisotopic (exact) mass is 298 g/mol. The van der Waals surface area contributed by atoms with Crippen molar-refractivity contribution in [2.45, 2.75) is 64.5 Å². The highest BCUT2D eigenvalue weighted by Crippen LogP contribution is 2.29. The van der Waals surface area contributed by atoms with Crippen LogP contribution in [0.15, 0.2) is 30.3 Å². The minimum absolute atomic E-state index is 0.941. The molecular weight excluding hydrogens is 272 g/mol. The third-order valence-corrected chi connectivity index (χ3v) is 7.52. The summed E-state index contributed by atoms with van der Waals surface area (Å²) in [5.41, 5.74) is 0. The molecule has 1 unspecified atom stereocenters. The van der Waals surface area contributed by atoms with Gasteiger partial charge in [-0.2, -0.15) is 0 Å². The predicted octanol–water partition coefficient (Wildman–Crippen LogP) is 6.13. The molecule has 0 aliphatic rings. The molecule has 19 heavy (non-hydrogen) atoms. The third-order valence-electron chi connectivity index (χ3n) is 3.35. The Balaban J connectivity index is 2.53. The van der Waals surface area contributed by atoms with E-state index in [1.54, 1.807) is 0 Å². The maximum Gasteiger partial charge on any atom is 0.347 e. The fourth-order valence-electron chi connectivity index (χ4n) is 2.18. The van der Waals surface area contributed by atoms with Crippen LogP contribution in [0.2, 0.25) is 12.1 Å². The maximum atomic E-state index is 6.85. The lowest BCUT2D eigenvalue weighted by molar-refractivity contribution is 0.539. The van der Waals surface area contributed by atoms with Gasteiger partial charge in [0.25, 0.3) is 0 Å². The molecule has 0 N–H and O–H groups in total. The molecule has 1 aromatic rings. The summed E-state index contributed by atoms with van der Waals surface area (Å²) >= 11 is 6.85. The molecule has 0 bridgehead atoms. The summed E-state index contributed by atoms with van der Waals surface area (Å²) in [6.07, 6.45) is 7.43. The van der Waals surface area contributed by atoms with Gasteiger partial charge in [-0.05, 0) is 24.2 Å². The Hall–Kier alpha value is -0.473. The molecule has 1 aromatic carbocycles. The fourth-order valence-corrected chi connectivity index (χ4v) is 5.92. The Kier molecular flexibility index (Phi) is 8.23. The molecule has 0 aliphatic carbocycles. The number of rotatable bonds is 10. The number of para-hydroxylation sites is 1.